The molecule has 2 aliphatic rings. The van der Waals surface area contributed by atoms with E-state index in [2.05, 4.69) is 6.92 Å². The Balaban J connectivity index is 1.97. The number of carbonyl (C=O) groups excluding carboxylic acids is 1. The molecule has 2 saturated carbocycles. The first kappa shape index (κ1) is 12.9. The Kier molecular flexibility index (Phi) is 4.08. The van der Waals surface area contributed by atoms with Crippen molar-refractivity contribution < 1.29 is 4.79 Å². The standard InChI is InChI=1S/C14H26N2O/c1-2-10-16(11-12-6-7-12)13(17)14(15)8-4-3-5-9-14/h12H,2-11,15H2,1H3. The third kappa shape index (κ3) is 3.21. The van der Waals surface area contributed by atoms with Crippen molar-refractivity contribution in [1.29, 1.82) is 0 Å². The third-order valence-corrected chi connectivity index (χ3v) is 4.13. The molecule has 0 unspecified atom stereocenters. The molecule has 0 aromatic carbocycles. The second kappa shape index (κ2) is 5.38. The number of nitrogens with two attached hydrogens (primary N) is 1. The van der Waals surface area contributed by atoms with Crippen LogP contribution in [0.3, 0.4) is 0 Å². The van der Waals surface area contributed by atoms with E-state index >= 15 is 0 Å². The number of amides is 1. The van der Waals surface area contributed by atoms with E-state index in [0.717, 1.165) is 51.1 Å². The van der Waals surface area contributed by atoms with Crippen LogP contribution in [0, 0.1) is 5.92 Å². The Morgan fingerprint density at radius 1 is 1.29 bits per heavy atom. The normalized spacial score (nSPS) is 23.4. The van der Waals surface area contributed by atoms with E-state index in [4.69, 9.17) is 5.73 Å². The fraction of sp³-hybridized carbons (Fsp3) is 0.929. The molecule has 17 heavy (non-hydrogen) atoms. The van der Waals surface area contributed by atoms with Crippen LogP contribution in [0.2, 0.25) is 0 Å². The zero-order chi connectivity index (χ0) is 12.3. The summed E-state index contributed by atoms with van der Waals surface area (Å²) in [7, 11) is 0. The first-order valence-corrected chi connectivity index (χ1v) is 7.24. The van der Waals surface area contributed by atoms with Crippen molar-refractivity contribution in [2.45, 2.75) is 63.8 Å². The van der Waals surface area contributed by atoms with Crippen LogP contribution >= 0.6 is 0 Å². The van der Waals surface area contributed by atoms with Gasteiger partial charge in [-0.05, 0) is 38.0 Å². The molecule has 0 radical (unpaired) electrons. The Bertz CT molecular complexity index is 267. The van der Waals surface area contributed by atoms with Gasteiger partial charge in [0.15, 0.2) is 0 Å². The summed E-state index contributed by atoms with van der Waals surface area (Å²) in [5.74, 6) is 0.989. The van der Waals surface area contributed by atoms with Gasteiger partial charge in [-0.15, -0.1) is 0 Å². The lowest BCUT2D eigenvalue weighted by molar-refractivity contribution is -0.138. The van der Waals surface area contributed by atoms with Crippen molar-refractivity contribution in [2.24, 2.45) is 11.7 Å². The number of rotatable bonds is 5. The third-order valence-electron chi connectivity index (χ3n) is 4.13. The molecule has 0 aromatic heterocycles. The minimum Gasteiger partial charge on any atom is -0.341 e. The fourth-order valence-corrected chi connectivity index (χ4v) is 2.87. The summed E-state index contributed by atoms with van der Waals surface area (Å²) in [6, 6.07) is 0. The molecule has 0 spiro atoms. The van der Waals surface area contributed by atoms with Crippen LogP contribution in [0.1, 0.15) is 58.3 Å². The summed E-state index contributed by atoms with van der Waals surface area (Å²) in [6.45, 7) is 3.97. The van der Waals surface area contributed by atoms with E-state index in [-0.39, 0.29) is 5.91 Å². The van der Waals surface area contributed by atoms with Crippen molar-refractivity contribution >= 4 is 5.91 Å². The molecule has 98 valence electrons. The average Bonchev–Trinajstić information content (AvgIpc) is 3.12. The molecular formula is C14H26N2O. The van der Waals surface area contributed by atoms with Crippen molar-refractivity contribution in [3.63, 3.8) is 0 Å². The molecule has 0 bridgehead atoms. The van der Waals surface area contributed by atoms with Gasteiger partial charge < -0.3 is 10.6 Å². The molecule has 1 amide bonds. The molecule has 2 N–H and O–H groups in total. The predicted molar refractivity (Wildman–Crippen MR) is 69.6 cm³/mol. The van der Waals surface area contributed by atoms with Crippen LogP contribution in [0.5, 0.6) is 0 Å². The highest BCUT2D eigenvalue weighted by Crippen LogP contribution is 2.32. The van der Waals surface area contributed by atoms with E-state index in [1.165, 1.54) is 19.3 Å². The van der Waals surface area contributed by atoms with E-state index in [1.54, 1.807) is 0 Å². The lowest BCUT2D eigenvalue weighted by Gasteiger charge is -2.37. The molecule has 0 aromatic rings. The van der Waals surface area contributed by atoms with Gasteiger partial charge in [0, 0.05) is 13.1 Å². The molecule has 2 rings (SSSR count). The Hall–Kier alpha value is -0.570. The fourth-order valence-electron chi connectivity index (χ4n) is 2.87. The SMILES string of the molecule is CCCN(CC1CC1)C(=O)C1(N)CCCCC1. The second-order valence-electron chi connectivity index (χ2n) is 5.91. The largest absolute Gasteiger partial charge is 0.341 e. The monoisotopic (exact) mass is 238 g/mol. The van der Waals surface area contributed by atoms with Crippen LogP contribution in [0.25, 0.3) is 0 Å². The maximum Gasteiger partial charge on any atom is 0.242 e. The molecule has 3 nitrogen and oxygen atoms in total. The highest BCUT2D eigenvalue weighted by Gasteiger charge is 2.39. The van der Waals surface area contributed by atoms with Gasteiger partial charge in [0.05, 0.1) is 5.54 Å². The summed E-state index contributed by atoms with van der Waals surface area (Å²) < 4.78 is 0. The van der Waals surface area contributed by atoms with Gasteiger partial charge >= 0.3 is 0 Å². The van der Waals surface area contributed by atoms with E-state index in [0.29, 0.717) is 0 Å². The highest BCUT2D eigenvalue weighted by atomic mass is 16.2. The lowest BCUT2D eigenvalue weighted by Crippen LogP contribution is -2.56. The van der Waals surface area contributed by atoms with E-state index in [9.17, 15) is 4.79 Å². The summed E-state index contributed by atoms with van der Waals surface area (Å²) in [5.41, 5.74) is 5.80. The minimum absolute atomic E-state index is 0.228. The predicted octanol–water partition coefficient (Wildman–Crippen LogP) is 2.30. The number of hydrogen-bond acceptors (Lipinski definition) is 2. The molecular weight excluding hydrogens is 212 g/mol. The zero-order valence-electron chi connectivity index (χ0n) is 11.1. The average molecular weight is 238 g/mol. The molecule has 0 aliphatic heterocycles. The second-order valence-corrected chi connectivity index (χ2v) is 5.91. The summed E-state index contributed by atoms with van der Waals surface area (Å²) >= 11 is 0. The number of nitrogens with zero attached hydrogens (tertiary/aromatic N) is 1. The maximum absolute atomic E-state index is 12.6. The Morgan fingerprint density at radius 2 is 1.94 bits per heavy atom. The molecule has 0 heterocycles. The maximum atomic E-state index is 12.6. The molecule has 3 heteroatoms. The summed E-state index contributed by atoms with van der Waals surface area (Å²) in [4.78, 5) is 14.6. The van der Waals surface area contributed by atoms with Crippen molar-refractivity contribution in [2.75, 3.05) is 13.1 Å². The number of carbonyl (C=O) groups is 1. The van der Waals surface area contributed by atoms with Gasteiger partial charge in [-0.1, -0.05) is 26.2 Å². The first-order chi connectivity index (χ1) is 8.15. The van der Waals surface area contributed by atoms with Gasteiger partial charge in [-0.2, -0.15) is 0 Å². The molecule has 0 atom stereocenters. The van der Waals surface area contributed by atoms with Crippen LogP contribution < -0.4 is 5.73 Å². The molecule has 2 fully saturated rings. The lowest BCUT2D eigenvalue weighted by atomic mass is 9.81. The Labute approximate surface area is 105 Å². The molecule has 0 saturated heterocycles. The quantitative estimate of drug-likeness (QED) is 0.799. The van der Waals surface area contributed by atoms with Gasteiger partial charge in [0.25, 0.3) is 0 Å². The van der Waals surface area contributed by atoms with Crippen LogP contribution in [-0.2, 0) is 4.79 Å². The number of hydrogen-bond donors (Lipinski definition) is 1. The van der Waals surface area contributed by atoms with Gasteiger partial charge in [-0.3, -0.25) is 4.79 Å². The highest BCUT2D eigenvalue weighted by molar-refractivity contribution is 5.86. The van der Waals surface area contributed by atoms with Crippen LogP contribution in [0.15, 0.2) is 0 Å². The zero-order valence-corrected chi connectivity index (χ0v) is 11.1. The topological polar surface area (TPSA) is 46.3 Å². The smallest absolute Gasteiger partial charge is 0.242 e. The minimum atomic E-state index is -0.539. The summed E-state index contributed by atoms with van der Waals surface area (Å²) in [5, 5.41) is 0. The van der Waals surface area contributed by atoms with Crippen LogP contribution in [-0.4, -0.2) is 29.4 Å². The van der Waals surface area contributed by atoms with Gasteiger partial charge in [0.2, 0.25) is 5.91 Å². The van der Waals surface area contributed by atoms with E-state index < -0.39 is 5.54 Å². The van der Waals surface area contributed by atoms with Crippen molar-refractivity contribution in [1.82, 2.24) is 4.90 Å². The van der Waals surface area contributed by atoms with Crippen molar-refractivity contribution in [3.8, 4) is 0 Å². The van der Waals surface area contributed by atoms with Gasteiger partial charge in [0.1, 0.15) is 0 Å². The van der Waals surface area contributed by atoms with E-state index in [1.807, 2.05) is 4.90 Å². The first-order valence-electron chi connectivity index (χ1n) is 7.24. The van der Waals surface area contributed by atoms with Gasteiger partial charge in [-0.25, -0.2) is 0 Å². The van der Waals surface area contributed by atoms with Crippen molar-refractivity contribution in [3.05, 3.63) is 0 Å². The summed E-state index contributed by atoms with van der Waals surface area (Å²) in [6.07, 6.45) is 8.87. The Morgan fingerprint density at radius 3 is 2.47 bits per heavy atom. The van der Waals surface area contributed by atoms with Crippen LogP contribution in [0.4, 0.5) is 0 Å². The molecule has 2 aliphatic carbocycles.